The van der Waals surface area contributed by atoms with Gasteiger partial charge in [-0.25, -0.2) is 5.26 Å². The first kappa shape index (κ1) is 10.3. The molecule has 0 radical (unpaired) electrons. The Hall–Kier alpha value is -1.75. The summed E-state index contributed by atoms with van der Waals surface area (Å²) in [6.45, 7) is -0.0319. The Bertz CT molecular complexity index is 296. The molecule has 0 aliphatic carbocycles. The molecule has 0 unspecified atom stereocenters. The quantitative estimate of drug-likeness (QED) is 0.549. The Morgan fingerprint density at radius 3 is 2.43 bits per heavy atom. The van der Waals surface area contributed by atoms with Gasteiger partial charge < -0.3 is 14.9 Å². The molecule has 5 heteroatoms. The molecular formula is C9H11NO4. The molecule has 5 nitrogen and oxygen atoms in total. The summed E-state index contributed by atoms with van der Waals surface area (Å²) in [4.78, 5) is 14.8. The summed E-state index contributed by atoms with van der Waals surface area (Å²) >= 11 is 0. The summed E-state index contributed by atoms with van der Waals surface area (Å²) in [5.74, 6) is 0.652. The lowest BCUT2D eigenvalue weighted by atomic mass is 10.3. The molecule has 0 saturated carbocycles. The summed E-state index contributed by atoms with van der Waals surface area (Å²) in [6, 6.07) is 6.24. The fourth-order valence-corrected chi connectivity index (χ4v) is 0.818. The van der Waals surface area contributed by atoms with Crippen LogP contribution in [0.5, 0.6) is 11.5 Å². The maximum absolute atomic E-state index is 10.8. The average Bonchev–Trinajstić information content (AvgIpc) is 2.26. The van der Waals surface area contributed by atoms with E-state index in [1.165, 1.54) is 19.2 Å². The summed E-state index contributed by atoms with van der Waals surface area (Å²) in [6.07, 6.45) is 0. The van der Waals surface area contributed by atoms with Crippen molar-refractivity contribution in [2.45, 2.75) is 0 Å². The van der Waals surface area contributed by atoms with Gasteiger partial charge in [0.05, 0.1) is 0 Å². The van der Waals surface area contributed by atoms with E-state index in [4.69, 9.17) is 9.99 Å². The number of carbonyl (C=O) groups excluding carboxylic acids is 1. The van der Waals surface area contributed by atoms with E-state index in [0.717, 1.165) is 0 Å². The van der Waals surface area contributed by atoms with Crippen LogP contribution in [0.3, 0.4) is 0 Å². The molecule has 0 saturated heterocycles. The van der Waals surface area contributed by atoms with Crippen LogP contribution in [-0.4, -0.2) is 24.8 Å². The molecule has 1 aromatic carbocycles. The normalized spacial score (nSPS) is 9.29. The van der Waals surface area contributed by atoms with E-state index < -0.39 is 0 Å². The highest BCUT2D eigenvalue weighted by molar-refractivity contribution is 5.77. The standard InChI is InChI=1S/C9H11NO4/c1-10-9(11)6-13-7-2-4-8(14-12)5-3-7/h2-5,12H,6H2,1H3,(H,10,11). The fourth-order valence-electron chi connectivity index (χ4n) is 0.818. The number of hydrogen-bond acceptors (Lipinski definition) is 4. The molecule has 76 valence electrons. The van der Waals surface area contributed by atoms with Crippen LogP contribution < -0.4 is 14.9 Å². The first-order valence-corrected chi connectivity index (χ1v) is 4.01. The third-order valence-corrected chi connectivity index (χ3v) is 1.58. The molecule has 0 aromatic heterocycles. The van der Waals surface area contributed by atoms with E-state index in [9.17, 15) is 4.79 Å². The van der Waals surface area contributed by atoms with Crippen LogP contribution in [0, 0.1) is 0 Å². The number of nitrogens with one attached hydrogen (secondary N) is 1. The van der Waals surface area contributed by atoms with Crippen molar-refractivity contribution in [3.63, 3.8) is 0 Å². The largest absolute Gasteiger partial charge is 0.484 e. The van der Waals surface area contributed by atoms with Crippen LogP contribution in [0.2, 0.25) is 0 Å². The van der Waals surface area contributed by atoms with Gasteiger partial charge >= 0.3 is 0 Å². The van der Waals surface area contributed by atoms with Crippen molar-refractivity contribution in [2.75, 3.05) is 13.7 Å². The Balaban J connectivity index is 2.47. The van der Waals surface area contributed by atoms with Gasteiger partial charge in [-0.3, -0.25) is 4.79 Å². The molecule has 0 bridgehead atoms. The highest BCUT2D eigenvalue weighted by atomic mass is 17.1. The number of amides is 1. The minimum atomic E-state index is -0.201. The molecule has 0 heterocycles. The molecular weight excluding hydrogens is 186 g/mol. The highest BCUT2D eigenvalue weighted by Gasteiger charge is 1.99. The Morgan fingerprint density at radius 2 is 1.93 bits per heavy atom. The smallest absolute Gasteiger partial charge is 0.257 e. The van der Waals surface area contributed by atoms with Crippen LogP contribution >= 0.6 is 0 Å². The summed E-state index contributed by atoms with van der Waals surface area (Å²) in [7, 11) is 1.54. The number of benzene rings is 1. The van der Waals surface area contributed by atoms with Crippen molar-refractivity contribution in [3.05, 3.63) is 24.3 Å². The molecule has 14 heavy (non-hydrogen) atoms. The van der Waals surface area contributed by atoms with Gasteiger partial charge in [-0.2, -0.15) is 0 Å². The van der Waals surface area contributed by atoms with E-state index in [2.05, 4.69) is 10.2 Å². The number of ether oxygens (including phenoxy) is 1. The lowest BCUT2D eigenvalue weighted by Gasteiger charge is -2.04. The predicted octanol–water partition coefficient (Wildman–Crippen LogP) is 0.663. The second-order valence-electron chi connectivity index (χ2n) is 2.52. The molecule has 0 aliphatic rings. The predicted molar refractivity (Wildman–Crippen MR) is 49.3 cm³/mol. The van der Waals surface area contributed by atoms with Crippen molar-refractivity contribution in [3.8, 4) is 11.5 Å². The van der Waals surface area contributed by atoms with E-state index in [-0.39, 0.29) is 12.5 Å². The van der Waals surface area contributed by atoms with Gasteiger partial charge in [-0.05, 0) is 24.3 Å². The third kappa shape index (κ3) is 2.95. The zero-order valence-electron chi connectivity index (χ0n) is 7.69. The molecule has 1 aromatic rings. The zero-order chi connectivity index (χ0) is 10.4. The van der Waals surface area contributed by atoms with E-state index in [1.807, 2.05) is 0 Å². The topological polar surface area (TPSA) is 67.8 Å². The Kier molecular flexibility index (Phi) is 3.75. The van der Waals surface area contributed by atoms with Crippen LogP contribution in [0.1, 0.15) is 0 Å². The zero-order valence-corrected chi connectivity index (χ0v) is 7.69. The summed E-state index contributed by atoms with van der Waals surface area (Å²) in [5, 5.41) is 10.7. The van der Waals surface area contributed by atoms with Crippen LogP contribution in [0.25, 0.3) is 0 Å². The van der Waals surface area contributed by atoms with Crippen LogP contribution in [0.15, 0.2) is 24.3 Å². The maximum atomic E-state index is 10.8. The lowest BCUT2D eigenvalue weighted by Crippen LogP contribution is -2.24. The third-order valence-electron chi connectivity index (χ3n) is 1.58. The highest BCUT2D eigenvalue weighted by Crippen LogP contribution is 2.16. The van der Waals surface area contributed by atoms with Crippen molar-refractivity contribution < 1.29 is 19.7 Å². The van der Waals surface area contributed by atoms with Crippen molar-refractivity contribution >= 4 is 5.91 Å². The van der Waals surface area contributed by atoms with Gasteiger partial charge in [0.25, 0.3) is 5.91 Å². The van der Waals surface area contributed by atoms with Crippen LogP contribution in [-0.2, 0) is 4.79 Å². The first-order valence-electron chi connectivity index (χ1n) is 4.01. The van der Waals surface area contributed by atoms with Gasteiger partial charge in [-0.1, -0.05) is 0 Å². The SMILES string of the molecule is CNC(=O)COc1ccc(OO)cc1. The summed E-state index contributed by atoms with van der Waals surface area (Å²) in [5.41, 5.74) is 0. The monoisotopic (exact) mass is 197 g/mol. The Labute approximate surface area is 81.2 Å². The fraction of sp³-hybridized carbons (Fsp3) is 0.222. The molecule has 1 amide bonds. The molecule has 0 fully saturated rings. The molecule has 0 aliphatic heterocycles. The second-order valence-corrected chi connectivity index (χ2v) is 2.52. The van der Waals surface area contributed by atoms with E-state index >= 15 is 0 Å². The number of likely N-dealkylation sites (N-methyl/N-ethyl adjacent to an activating group) is 1. The van der Waals surface area contributed by atoms with Crippen LogP contribution in [0.4, 0.5) is 0 Å². The molecule has 0 atom stereocenters. The molecule has 0 spiro atoms. The van der Waals surface area contributed by atoms with Crippen molar-refractivity contribution in [2.24, 2.45) is 0 Å². The van der Waals surface area contributed by atoms with Gasteiger partial charge in [-0.15, -0.1) is 0 Å². The number of carbonyl (C=O) groups is 1. The maximum Gasteiger partial charge on any atom is 0.257 e. The minimum Gasteiger partial charge on any atom is -0.484 e. The molecule has 1 rings (SSSR count). The van der Waals surface area contributed by atoms with Gasteiger partial charge in [0.1, 0.15) is 5.75 Å². The summed E-state index contributed by atoms with van der Waals surface area (Å²) < 4.78 is 5.11. The Morgan fingerprint density at radius 1 is 1.36 bits per heavy atom. The van der Waals surface area contributed by atoms with Gasteiger partial charge in [0.2, 0.25) is 0 Å². The minimum absolute atomic E-state index is 0.0319. The van der Waals surface area contributed by atoms with E-state index in [0.29, 0.717) is 11.5 Å². The first-order chi connectivity index (χ1) is 6.76. The molecule has 2 N–H and O–H groups in total. The van der Waals surface area contributed by atoms with Crippen molar-refractivity contribution in [1.82, 2.24) is 5.32 Å². The van der Waals surface area contributed by atoms with Gasteiger partial charge in [0, 0.05) is 7.05 Å². The average molecular weight is 197 g/mol. The second kappa shape index (κ2) is 5.08. The lowest BCUT2D eigenvalue weighted by molar-refractivity contribution is -0.137. The number of rotatable bonds is 4. The van der Waals surface area contributed by atoms with Crippen molar-refractivity contribution in [1.29, 1.82) is 0 Å². The number of hydrogen-bond donors (Lipinski definition) is 2. The van der Waals surface area contributed by atoms with Gasteiger partial charge in [0.15, 0.2) is 12.4 Å². The van der Waals surface area contributed by atoms with E-state index in [1.54, 1.807) is 12.1 Å².